The summed E-state index contributed by atoms with van der Waals surface area (Å²) in [4.78, 5) is 0. The Morgan fingerprint density at radius 2 is 1.89 bits per heavy atom. The van der Waals surface area contributed by atoms with Gasteiger partial charge in [0, 0.05) is 6.42 Å². The van der Waals surface area contributed by atoms with Gasteiger partial charge in [0.1, 0.15) is 0 Å². The number of alkyl halides is 3. The molecule has 0 radical (unpaired) electrons. The molecule has 4 heteroatoms. The molecule has 0 aliphatic carbocycles. The number of nitrogens with two attached hydrogens (primary N) is 1. The second-order valence-corrected chi connectivity index (χ2v) is 2.16. The highest BCUT2D eigenvalue weighted by atomic mass is 19.4. The largest absolute Gasteiger partial charge is 0.389 e. The molecule has 0 heterocycles. The smallest absolute Gasteiger partial charge is 0.330 e. The summed E-state index contributed by atoms with van der Waals surface area (Å²) >= 11 is 0. The van der Waals surface area contributed by atoms with Crippen molar-refractivity contribution in [3.8, 4) is 0 Å². The van der Waals surface area contributed by atoms with Gasteiger partial charge in [0.2, 0.25) is 0 Å². The van der Waals surface area contributed by atoms with E-state index >= 15 is 0 Å². The first kappa shape index (κ1) is 8.75. The quantitative estimate of drug-likeness (QED) is 0.620. The van der Waals surface area contributed by atoms with Crippen molar-refractivity contribution in [2.75, 3.05) is 6.54 Å². The van der Waals surface area contributed by atoms with Gasteiger partial charge in [0.25, 0.3) is 0 Å². The summed E-state index contributed by atoms with van der Waals surface area (Å²) in [7, 11) is 0. The molecule has 0 aliphatic rings. The lowest BCUT2D eigenvalue weighted by atomic mass is 10.1. The molecule has 0 bridgehead atoms. The van der Waals surface area contributed by atoms with E-state index in [4.69, 9.17) is 5.73 Å². The van der Waals surface area contributed by atoms with E-state index in [9.17, 15) is 13.2 Å². The van der Waals surface area contributed by atoms with Crippen LogP contribution in [0.5, 0.6) is 0 Å². The maximum Gasteiger partial charge on any atom is 0.389 e. The van der Waals surface area contributed by atoms with Crippen LogP contribution in [0.25, 0.3) is 0 Å². The lowest BCUT2D eigenvalue weighted by Gasteiger charge is -2.10. The zero-order chi connectivity index (χ0) is 7.49. The monoisotopic (exact) mass is 141 g/mol. The van der Waals surface area contributed by atoms with E-state index in [-0.39, 0.29) is 6.54 Å². The van der Waals surface area contributed by atoms with Gasteiger partial charge < -0.3 is 5.73 Å². The predicted octanol–water partition coefficient (Wildman–Crippen LogP) is 1.53. The zero-order valence-electron chi connectivity index (χ0n) is 5.20. The van der Waals surface area contributed by atoms with Crippen LogP contribution in [0, 0.1) is 5.92 Å². The van der Waals surface area contributed by atoms with Gasteiger partial charge in [-0.3, -0.25) is 0 Å². The van der Waals surface area contributed by atoms with Crippen LogP contribution in [0.1, 0.15) is 13.3 Å². The molecule has 0 fully saturated rings. The van der Waals surface area contributed by atoms with Crippen LogP contribution in [0.3, 0.4) is 0 Å². The highest BCUT2D eigenvalue weighted by molar-refractivity contribution is 4.58. The lowest BCUT2D eigenvalue weighted by Crippen LogP contribution is -2.19. The van der Waals surface area contributed by atoms with Gasteiger partial charge in [0.15, 0.2) is 0 Å². The maximum atomic E-state index is 11.4. The highest BCUT2D eigenvalue weighted by Gasteiger charge is 2.28. The highest BCUT2D eigenvalue weighted by Crippen LogP contribution is 2.23. The summed E-state index contributed by atoms with van der Waals surface area (Å²) in [5.74, 6) is -0.454. The molecule has 1 nitrogen and oxygen atoms in total. The Bertz CT molecular complexity index is 78.8. The molecule has 56 valence electrons. The molecule has 0 rings (SSSR count). The lowest BCUT2D eigenvalue weighted by molar-refractivity contribution is -0.142. The fraction of sp³-hybridized carbons (Fsp3) is 1.00. The molecule has 0 aromatic carbocycles. The molecule has 0 saturated carbocycles. The van der Waals surface area contributed by atoms with E-state index in [0.717, 1.165) is 0 Å². The van der Waals surface area contributed by atoms with Crippen molar-refractivity contribution in [3.05, 3.63) is 0 Å². The summed E-state index contributed by atoms with van der Waals surface area (Å²) < 4.78 is 34.3. The normalized spacial score (nSPS) is 15.7. The van der Waals surface area contributed by atoms with Gasteiger partial charge in [-0.15, -0.1) is 0 Å². The van der Waals surface area contributed by atoms with Crippen molar-refractivity contribution in [2.24, 2.45) is 11.7 Å². The summed E-state index contributed by atoms with van der Waals surface area (Å²) in [5.41, 5.74) is 4.98. The second-order valence-electron chi connectivity index (χ2n) is 2.16. The Hall–Kier alpha value is -0.250. The summed E-state index contributed by atoms with van der Waals surface area (Å²) in [6.45, 7) is 1.58. The van der Waals surface area contributed by atoms with E-state index in [0.29, 0.717) is 0 Å². The molecule has 0 spiro atoms. The van der Waals surface area contributed by atoms with Crippen molar-refractivity contribution in [3.63, 3.8) is 0 Å². The molecule has 0 aliphatic heterocycles. The third-order valence-electron chi connectivity index (χ3n) is 0.982. The third kappa shape index (κ3) is 5.62. The average molecular weight is 141 g/mol. The van der Waals surface area contributed by atoms with Crippen molar-refractivity contribution in [1.82, 2.24) is 0 Å². The minimum atomic E-state index is -4.06. The van der Waals surface area contributed by atoms with Crippen molar-refractivity contribution in [1.29, 1.82) is 0 Å². The third-order valence-corrected chi connectivity index (χ3v) is 0.982. The van der Waals surface area contributed by atoms with E-state index in [2.05, 4.69) is 0 Å². The fourth-order valence-corrected chi connectivity index (χ4v) is 0.478. The number of hydrogen-bond acceptors (Lipinski definition) is 1. The molecule has 0 aromatic rings. The minimum absolute atomic E-state index is 0.0967. The van der Waals surface area contributed by atoms with Crippen molar-refractivity contribution in [2.45, 2.75) is 19.5 Å². The van der Waals surface area contributed by atoms with E-state index in [1.807, 2.05) is 0 Å². The molecule has 0 saturated heterocycles. The Morgan fingerprint density at radius 3 is 2.00 bits per heavy atom. The fourth-order valence-electron chi connectivity index (χ4n) is 0.478. The molecular weight excluding hydrogens is 131 g/mol. The number of halogens is 3. The topological polar surface area (TPSA) is 26.0 Å². The summed E-state index contributed by atoms with van der Waals surface area (Å²) in [5, 5.41) is 0. The molecule has 0 amide bonds. The summed E-state index contributed by atoms with van der Waals surface area (Å²) in [6.07, 6.45) is -4.83. The SMILES string of the molecule is C[C@H](CN)CC(F)(F)F. The minimum Gasteiger partial charge on any atom is -0.330 e. The molecule has 9 heavy (non-hydrogen) atoms. The number of hydrogen-bond donors (Lipinski definition) is 1. The van der Waals surface area contributed by atoms with Gasteiger partial charge in [-0.05, 0) is 12.5 Å². The molecule has 0 aromatic heterocycles. The van der Waals surface area contributed by atoms with Gasteiger partial charge >= 0.3 is 6.18 Å². The van der Waals surface area contributed by atoms with Crippen LogP contribution in [0.4, 0.5) is 13.2 Å². The first-order chi connectivity index (χ1) is 3.95. The van der Waals surface area contributed by atoms with E-state index in [1.54, 1.807) is 0 Å². The van der Waals surface area contributed by atoms with Crippen molar-refractivity contribution < 1.29 is 13.2 Å². The first-order valence-electron chi connectivity index (χ1n) is 2.72. The second kappa shape index (κ2) is 3.06. The van der Waals surface area contributed by atoms with Crippen LogP contribution in [0.2, 0.25) is 0 Å². The van der Waals surface area contributed by atoms with Gasteiger partial charge in [-0.1, -0.05) is 6.92 Å². The Morgan fingerprint density at radius 1 is 1.44 bits per heavy atom. The van der Waals surface area contributed by atoms with Gasteiger partial charge in [0.05, 0.1) is 0 Å². The molecule has 0 unspecified atom stereocenters. The van der Waals surface area contributed by atoms with E-state index < -0.39 is 18.5 Å². The Kier molecular flexibility index (Phi) is 2.97. The van der Waals surface area contributed by atoms with Crippen LogP contribution >= 0.6 is 0 Å². The average Bonchev–Trinajstić information content (AvgIpc) is 1.62. The Labute approximate surface area is 52.0 Å². The zero-order valence-corrected chi connectivity index (χ0v) is 5.20. The number of rotatable bonds is 2. The van der Waals surface area contributed by atoms with Crippen LogP contribution in [-0.2, 0) is 0 Å². The molecule has 2 N–H and O–H groups in total. The maximum absolute atomic E-state index is 11.4. The van der Waals surface area contributed by atoms with Gasteiger partial charge in [-0.25, -0.2) is 0 Å². The Balaban J connectivity index is 3.47. The van der Waals surface area contributed by atoms with Crippen LogP contribution < -0.4 is 5.73 Å². The standard InChI is InChI=1S/C5H10F3N/c1-4(3-9)2-5(6,7)8/h4H,2-3,9H2,1H3/t4-/m0/s1. The van der Waals surface area contributed by atoms with E-state index in [1.165, 1.54) is 6.92 Å². The predicted molar refractivity (Wildman–Crippen MR) is 28.9 cm³/mol. The van der Waals surface area contributed by atoms with Crippen LogP contribution in [-0.4, -0.2) is 12.7 Å². The molecular formula is C5H10F3N. The molecule has 1 atom stereocenters. The summed E-state index contributed by atoms with van der Waals surface area (Å²) in [6, 6.07) is 0. The van der Waals surface area contributed by atoms with Crippen molar-refractivity contribution >= 4 is 0 Å². The van der Waals surface area contributed by atoms with Gasteiger partial charge in [-0.2, -0.15) is 13.2 Å². The van der Waals surface area contributed by atoms with Crippen LogP contribution in [0.15, 0.2) is 0 Å². The first-order valence-corrected chi connectivity index (χ1v) is 2.72.